The molecule has 0 radical (unpaired) electrons. The van der Waals surface area contributed by atoms with Crippen molar-refractivity contribution in [1.29, 1.82) is 0 Å². The second kappa shape index (κ2) is 6.99. The Balaban J connectivity index is 2.86. The molecule has 0 saturated heterocycles. The van der Waals surface area contributed by atoms with E-state index >= 15 is 0 Å². The highest BCUT2D eigenvalue weighted by Gasteiger charge is 2.29. The molecular weight excluding hydrogens is 274 g/mol. The monoisotopic (exact) mass is 293 g/mol. The number of hydrogen-bond donors (Lipinski definition) is 2. The van der Waals surface area contributed by atoms with E-state index in [0.717, 1.165) is 0 Å². The molecule has 1 aromatic carbocycles. The minimum absolute atomic E-state index is 0.0799. The molecule has 1 unspecified atom stereocenters. The molecule has 2 N–H and O–H groups in total. The number of ether oxygens (including phenoxy) is 1. The molecule has 0 aliphatic heterocycles. The van der Waals surface area contributed by atoms with Crippen LogP contribution in [0.3, 0.4) is 0 Å². The fourth-order valence-electron chi connectivity index (χ4n) is 1.99. The van der Waals surface area contributed by atoms with Crippen LogP contribution in [0.4, 0.5) is 0 Å². The zero-order chi connectivity index (χ0) is 16.0. The van der Waals surface area contributed by atoms with Gasteiger partial charge in [0.2, 0.25) is 0 Å². The third-order valence-electron chi connectivity index (χ3n) is 2.97. The van der Waals surface area contributed by atoms with E-state index in [2.05, 4.69) is 5.32 Å². The number of carbonyl (C=O) groups is 3. The molecule has 6 nitrogen and oxygen atoms in total. The van der Waals surface area contributed by atoms with Crippen molar-refractivity contribution in [3.05, 3.63) is 35.4 Å². The quantitative estimate of drug-likeness (QED) is 0.743. The smallest absolute Gasteiger partial charge is 0.305 e. The number of carboxylic acid groups (broad SMARTS) is 1. The Morgan fingerprint density at radius 1 is 1.19 bits per heavy atom. The molecule has 114 valence electrons. The van der Waals surface area contributed by atoms with E-state index in [9.17, 15) is 14.4 Å². The lowest BCUT2D eigenvalue weighted by Gasteiger charge is -2.28. The number of amides is 1. The number of ketones is 1. The number of hydrogen-bond acceptors (Lipinski definition) is 4. The summed E-state index contributed by atoms with van der Waals surface area (Å²) in [5.41, 5.74) is -0.138. The molecule has 0 bridgehead atoms. The van der Waals surface area contributed by atoms with Crippen LogP contribution in [0.1, 0.15) is 41.0 Å². The summed E-state index contributed by atoms with van der Waals surface area (Å²) in [6, 6.07) is 6.17. The van der Waals surface area contributed by atoms with Gasteiger partial charge in [-0.2, -0.15) is 0 Å². The van der Waals surface area contributed by atoms with Crippen LogP contribution in [-0.2, 0) is 9.53 Å². The average Bonchev–Trinajstić information content (AvgIpc) is 2.37. The first-order valence-corrected chi connectivity index (χ1v) is 6.41. The Hall–Kier alpha value is -2.21. The first kappa shape index (κ1) is 16.8. The van der Waals surface area contributed by atoms with Crippen LogP contribution in [0.15, 0.2) is 24.3 Å². The van der Waals surface area contributed by atoms with Gasteiger partial charge in [-0.25, -0.2) is 0 Å². The Morgan fingerprint density at radius 2 is 1.71 bits per heavy atom. The summed E-state index contributed by atoms with van der Waals surface area (Å²) in [5, 5.41) is 11.6. The predicted octanol–water partition coefficient (Wildman–Crippen LogP) is 1.50. The number of carboxylic acids is 1. The first-order valence-electron chi connectivity index (χ1n) is 6.41. The highest BCUT2D eigenvalue weighted by Crippen LogP contribution is 2.13. The van der Waals surface area contributed by atoms with Gasteiger partial charge in [-0.1, -0.05) is 12.1 Å². The van der Waals surface area contributed by atoms with E-state index in [1.165, 1.54) is 26.2 Å². The molecule has 0 aromatic heterocycles. The Bertz CT molecular complexity index is 537. The van der Waals surface area contributed by atoms with Crippen LogP contribution in [-0.4, -0.2) is 42.0 Å². The summed E-state index contributed by atoms with van der Waals surface area (Å²) in [5.74, 6) is -1.52. The van der Waals surface area contributed by atoms with E-state index < -0.39 is 17.4 Å². The number of methoxy groups -OCH3 is 1. The molecule has 0 heterocycles. The zero-order valence-electron chi connectivity index (χ0n) is 12.3. The second-order valence-corrected chi connectivity index (χ2v) is 5.15. The Kier molecular flexibility index (Phi) is 5.60. The SMILES string of the molecule is COCC(C)(CC(=O)O)NC(=O)c1ccc(C(C)=O)cc1. The summed E-state index contributed by atoms with van der Waals surface area (Å²) in [6.45, 7) is 3.13. The largest absolute Gasteiger partial charge is 0.481 e. The number of aliphatic carboxylic acids is 1. The van der Waals surface area contributed by atoms with Crippen LogP contribution < -0.4 is 5.32 Å². The third kappa shape index (κ3) is 5.00. The lowest BCUT2D eigenvalue weighted by Crippen LogP contribution is -2.50. The fourth-order valence-corrected chi connectivity index (χ4v) is 1.99. The van der Waals surface area contributed by atoms with Crippen molar-refractivity contribution in [2.24, 2.45) is 0 Å². The number of Topliss-reactive ketones (excluding diaryl/α,β-unsaturated/α-hetero) is 1. The Morgan fingerprint density at radius 3 is 2.14 bits per heavy atom. The van der Waals surface area contributed by atoms with Crippen molar-refractivity contribution < 1.29 is 24.2 Å². The summed E-state index contributed by atoms with van der Waals surface area (Å²) in [7, 11) is 1.44. The van der Waals surface area contributed by atoms with E-state index in [1.54, 1.807) is 19.1 Å². The van der Waals surface area contributed by atoms with Crippen molar-refractivity contribution in [2.75, 3.05) is 13.7 Å². The van der Waals surface area contributed by atoms with Crippen LogP contribution in [0, 0.1) is 0 Å². The minimum Gasteiger partial charge on any atom is -0.481 e. The summed E-state index contributed by atoms with van der Waals surface area (Å²) < 4.78 is 4.97. The summed E-state index contributed by atoms with van der Waals surface area (Å²) in [4.78, 5) is 34.2. The van der Waals surface area contributed by atoms with E-state index in [1.807, 2.05) is 0 Å². The maximum absolute atomic E-state index is 12.2. The second-order valence-electron chi connectivity index (χ2n) is 5.15. The standard InChI is InChI=1S/C15H19NO5/c1-10(17)11-4-6-12(7-5-11)14(20)16-15(2,9-21-3)8-13(18)19/h4-7H,8-9H2,1-3H3,(H,16,20)(H,18,19). The highest BCUT2D eigenvalue weighted by molar-refractivity contribution is 5.98. The average molecular weight is 293 g/mol. The Labute approximate surface area is 123 Å². The predicted molar refractivity (Wildman–Crippen MR) is 76.4 cm³/mol. The molecule has 0 spiro atoms. The van der Waals surface area contributed by atoms with Gasteiger partial charge in [0.25, 0.3) is 5.91 Å². The van der Waals surface area contributed by atoms with Crippen molar-refractivity contribution in [1.82, 2.24) is 5.32 Å². The molecule has 0 aliphatic rings. The maximum Gasteiger partial charge on any atom is 0.305 e. The van der Waals surface area contributed by atoms with Crippen LogP contribution >= 0.6 is 0 Å². The lowest BCUT2D eigenvalue weighted by atomic mass is 9.98. The number of benzene rings is 1. The van der Waals surface area contributed by atoms with Gasteiger partial charge in [0.05, 0.1) is 18.6 Å². The van der Waals surface area contributed by atoms with Gasteiger partial charge >= 0.3 is 5.97 Å². The first-order chi connectivity index (χ1) is 9.77. The molecule has 6 heteroatoms. The summed E-state index contributed by atoms with van der Waals surface area (Å²) in [6.07, 6.45) is -0.252. The molecule has 1 rings (SSSR count). The molecule has 1 aromatic rings. The van der Waals surface area contributed by atoms with Crippen molar-refractivity contribution in [3.63, 3.8) is 0 Å². The molecule has 1 amide bonds. The van der Waals surface area contributed by atoms with E-state index in [4.69, 9.17) is 9.84 Å². The maximum atomic E-state index is 12.2. The van der Waals surface area contributed by atoms with Crippen molar-refractivity contribution in [2.45, 2.75) is 25.8 Å². The summed E-state index contributed by atoms with van der Waals surface area (Å²) >= 11 is 0. The molecule has 0 fully saturated rings. The van der Waals surface area contributed by atoms with Gasteiger partial charge in [-0.3, -0.25) is 14.4 Å². The molecule has 0 saturated carbocycles. The van der Waals surface area contributed by atoms with E-state index in [-0.39, 0.29) is 18.8 Å². The zero-order valence-corrected chi connectivity index (χ0v) is 12.3. The fraction of sp³-hybridized carbons (Fsp3) is 0.400. The van der Waals surface area contributed by atoms with Crippen molar-refractivity contribution >= 4 is 17.7 Å². The highest BCUT2D eigenvalue weighted by atomic mass is 16.5. The lowest BCUT2D eigenvalue weighted by molar-refractivity contribution is -0.139. The van der Waals surface area contributed by atoms with Gasteiger partial charge in [-0.15, -0.1) is 0 Å². The molecule has 1 atom stereocenters. The normalized spacial score (nSPS) is 13.3. The van der Waals surface area contributed by atoms with Gasteiger partial charge in [0.1, 0.15) is 0 Å². The van der Waals surface area contributed by atoms with Gasteiger partial charge in [-0.05, 0) is 26.0 Å². The van der Waals surface area contributed by atoms with Crippen LogP contribution in [0.25, 0.3) is 0 Å². The van der Waals surface area contributed by atoms with Crippen LogP contribution in [0.2, 0.25) is 0 Å². The van der Waals surface area contributed by atoms with E-state index in [0.29, 0.717) is 11.1 Å². The molecule has 0 aliphatic carbocycles. The molecular formula is C15H19NO5. The number of carbonyl (C=O) groups excluding carboxylic acids is 2. The van der Waals surface area contributed by atoms with Gasteiger partial charge < -0.3 is 15.2 Å². The van der Waals surface area contributed by atoms with Crippen LogP contribution in [0.5, 0.6) is 0 Å². The third-order valence-corrected chi connectivity index (χ3v) is 2.97. The minimum atomic E-state index is -1.03. The van der Waals surface area contributed by atoms with Gasteiger partial charge in [0.15, 0.2) is 5.78 Å². The van der Waals surface area contributed by atoms with Crippen molar-refractivity contribution in [3.8, 4) is 0 Å². The van der Waals surface area contributed by atoms with Gasteiger partial charge in [0, 0.05) is 18.2 Å². The topological polar surface area (TPSA) is 92.7 Å². The number of rotatable bonds is 7. The molecule has 21 heavy (non-hydrogen) atoms. The number of nitrogens with one attached hydrogen (secondary N) is 1.